The van der Waals surface area contributed by atoms with Gasteiger partial charge in [-0.15, -0.1) is 0 Å². The van der Waals surface area contributed by atoms with Gasteiger partial charge >= 0.3 is 5.69 Å². The molecule has 46 heavy (non-hydrogen) atoms. The number of hydrogen-bond acceptors (Lipinski definition) is 6. The van der Waals surface area contributed by atoms with Crippen molar-refractivity contribution >= 4 is 0 Å². The Hall–Kier alpha value is -4.84. The van der Waals surface area contributed by atoms with E-state index < -0.39 is 41.6 Å². The molecule has 230 valence electrons. The van der Waals surface area contributed by atoms with Crippen LogP contribution in [0.1, 0.15) is 48.0 Å². The van der Waals surface area contributed by atoms with Crippen LogP contribution in [0.5, 0.6) is 0 Å². The average Bonchev–Trinajstić information content (AvgIpc) is 3.59. The molecule has 0 unspecified atom stereocenters. The lowest BCUT2D eigenvalue weighted by molar-refractivity contribution is -0.205. The second-order valence-electron chi connectivity index (χ2n) is 11.8. The van der Waals surface area contributed by atoms with Crippen molar-refractivity contribution in [3.8, 4) is 11.8 Å². The SMILES string of the molecule is CC1(C)O[C@@H]2[C@H](O1)[C@@H](COC(c1ccccc1)(c1ccccc1)c1ccccc1)O[C@H]2n1ccc(C#Cc2ccccc2)nc1=O. The highest BCUT2D eigenvalue weighted by Crippen LogP contribution is 2.45. The molecule has 0 spiro atoms. The molecule has 0 bridgehead atoms. The van der Waals surface area contributed by atoms with Gasteiger partial charge in [-0.05, 0) is 54.7 Å². The summed E-state index contributed by atoms with van der Waals surface area (Å²) in [5.41, 5.74) is 2.75. The van der Waals surface area contributed by atoms with E-state index in [1.54, 1.807) is 12.3 Å². The molecule has 7 heteroatoms. The Balaban J connectivity index is 1.22. The summed E-state index contributed by atoms with van der Waals surface area (Å²) >= 11 is 0. The fourth-order valence-electron chi connectivity index (χ4n) is 6.33. The van der Waals surface area contributed by atoms with Crippen molar-refractivity contribution in [1.82, 2.24) is 9.55 Å². The molecule has 7 rings (SSSR count). The van der Waals surface area contributed by atoms with E-state index in [4.69, 9.17) is 18.9 Å². The molecular weight excluding hydrogens is 576 g/mol. The van der Waals surface area contributed by atoms with Gasteiger partial charge in [0.15, 0.2) is 12.0 Å². The quantitative estimate of drug-likeness (QED) is 0.165. The first-order chi connectivity index (χ1) is 22.4. The van der Waals surface area contributed by atoms with Crippen LogP contribution < -0.4 is 5.69 Å². The van der Waals surface area contributed by atoms with Crippen molar-refractivity contribution in [2.75, 3.05) is 6.61 Å². The zero-order chi connectivity index (χ0) is 31.6. The molecule has 2 aliphatic rings. The van der Waals surface area contributed by atoms with Gasteiger partial charge in [0.1, 0.15) is 29.6 Å². The molecule has 0 saturated carbocycles. The van der Waals surface area contributed by atoms with E-state index in [1.165, 1.54) is 4.57 Å². The minimum absolute atomic E-state index is 0.165. The first-order valence-electron chi connectivity index (χ1n) is 15.4. The summed E-state index contributed by atoms with van der Waals surface area (Å²) in [4.78, 5) is 17.6. The van der Waals surface area contributed by atoms with Crippen LogP contribution in [0.25, 0.3) is 0 Å². The van der Waals surface area contributed by atoms with Crippen LogP contribution >= 0.6 is 0 Å². The molecule has 7 nitrogen and oxygen atoms in total. The molecule has 0 amide bonds. The zero-order valence-electron chi connectivity index (χ0n) is 25.7. The highest BCUT2D eigenvalue weighted by molar-refractivity contribution is 5.47. The van der Waals surface area contributed by atoms with Gasteiger partial charge in [0.25, 0.3) is 0 Å². The lowest BCUT2D eigenvalue weighted by atomic mass is 9.80. The summed E-state index contributed by atoms with van der Waals surface area (Å²) in [5.74, 6) is 5.16. The summed E-state index contributed by atoms with van der Waals surface area (Å²) in [5, 5.41) is 0. The molecule has 0 radical (unpaired) electrons. The number of rotatable bonds is 7. The fourth-order valence-corrected chi connectivity index (χ4v) is 6.33. The second-order valence-corrected chi connectivity index (χ2v) is 11.8. The van der Waals surface area contributed by atoms with Crippen LogP contribution in [0.2, 0.25) is 0 Å². The van der Waals surface area contributed by atoms with Crippen LogP contribution in [0, 0.1) is 11.8 Å². The van der Waals surface area contributed by atoms with Gasteiger partial charge in [0.05, 0.1) is 6.61 Å². The molecule has 0 N–H and O–H groups in total. The second kappa shape index (κ2) is 12.5. The van der Waals surface area contributed by atoms with Gasteiger partial charge in [-0.2, -0.15) is 4.98 Å². The Morgan fingerprint density at radius 1 is 0.739 bits per heavy atom. The normalized spacial score (nSPS) is 21.7. The number of aromatic nitrogens is 2. The van der Waals surface area contributed by atoms with Gasteiger partial charge in [-0.3, -0.25) is 4.57 Å². The van der Waals surface area contributed by atoms with E-state index in [9.17, 15) is 4.79 Å². The topological polar surface area (TPSA) is 71.8 Å². The minimum atomic E-state index is -0.937. The Labute approximate surface area is 268 Å². The van der Waals surface area contributed by atoms with Crippen molar-refractivity contribution < 1.29 is 18.9 Å². The van der Waals surface area contributed by atoms with Crippen molar-refractivity contribution in [1.29, 1.82) is 0 Å². The summed E-state index contributed by atoms with van der Waals surface area (Å²) < 4.78 is 27.8. The Bertz CT molecular complexity index is 1800. The summed E-state index contributed by atoms with van der Waals surface area (Å²) in [6, 6.07) is 41.8. The third kappa shape index (κ3) is 5.80. The van der Waals surface area contributed by atoms with E-state index in [0.717, 1.165) is 22.3 Å². The number of ether oxygens (including phenoxy) is 4. The van der Waals surface area contributed by atoms with Crippen molar-refractivity contribution in [2.24, 2.45) is 0 Å². The molecule has 1 aromatic heterocycles. The van der Waals surface area contributed by atoms with Gasteiger partial charge in [0.2, 0.25) is 0 Å². The summed E-state index contributed by atoms with van der Waals surface area (Å²) in [7, 11) is 0. The number of nitrogens with zero attached hydrogens (tertiary/aromatic N) is 2. The maximum absolute atomic E-state index is 13.3. The van der Waals surface area contributed by atoms with Gasteiger partial charge in [0, 0.05) is 11.8 Å². The standard InChI is InChI=1S/C39H34N2O5/c1-38(2)45-34-33(44-36(35(34)46-38)41-26-25-32(40-37(41)42)24-23-28-15-7-3-8-16-28)27-43-39(29-17-9-4-10-18-29,30-19-11-5-12-20-30)31-21-13-6-14-22-31/h3-22,25-26,33-36H,27H2,1-2H3/t33-,34-,35-,36-/m1/s1. The van der Waals surface area contributed by atoms with Crippen molar-refractivity contribution in [3.63, 3.8) is 0 Å². The third-order valence-electron chi connectivity index (χ3n) is 8.34. The minimum Gasteiger partial charge on any atom is -0.358 e. The number of fused-ring (bicyclic) bond motifs is 1. The molecule has 2 fully saturated rings. The highest BCUT2D eigenvalue weighted by atomic mass is 16.8. The monoisotopic (exact) mass is 610 g/mol. The highest BCUT2D eigenvalue weighted by Gasteiger charge is 2.56. The third-order valence-corrected chi connectivity index (χ3v) is 8.34. The van der Waals surface area contributed by atoms with Gasteiger partial charge in [-0.1, -0.05) is 115 Å². The van der Waals surface area contributed by atoms with Crippen LogP contribution in [0.15, 0.2) is 138 Å². The Morgan fingerprint density at radius 3 is 1.80 bits per heavy atom. The molecular formula is C39H34N2O5. The summed E-state index contributed by atoms with van der Waals surface area (Å²) in [6.45, 7) is 3.90. The van der Waals surface area contributed by atoms with E-state index in [-0.39, 0.29) is 6.61 Å². The van der Waals surface area contributed by atoms with Gasteiger partial charge < -0.3 is 18.9 Å². The van der Waals surface area contributed by atoms with Crippen LogP contribution in [0.3, 0.4) is 0 Å². The molecule has 3 heterocycles. The molecule has 0 aliphatic carbocycles. The lowest BCUT2D eigenvalue weighted by Crippen LogP contribution is -2.39. The first-order valence-corrected chi connectivity index (χ1v) is 15.4. The van der Waals surface area contributed by atoms with Crippen LogP contribution in [-0.4, -0.2) is 40.3 Å². The predicted molar refractivity (Wildman–Crippen MR) is 174 cm³/mol. The van der Waals surface area contributed by atoms with Crippen LogP contribution in [0.4, 0.5) is 0 Å². The van der Waals surface area contributed by atoms with E-state index in [1.807, 2.05) is 98.8 Å². The molecule has 4 aromatic carbocycles. The number of hydrogen-bond donors (Lipinski definition) is 0. The maximum atomic E-state index is 13.3. The summed E-state index contributed by atoms with van der Waals surface area (Å²) in [6.07, 6.45) is -0.687. The van der Waals surface area contributed by atoms with E-state index in [0.29, 0.717) is 5.69 Å². The van der Waals surface area contributed by atoms with Crippen molar-refractivity contribution in [2.45, 2.75) is 49.8 Å². The van der Waals surface area contributed by atoms with Crippen LogP contribution in [-0.2, 0) is 24.5 Å². The largest absolute Gasteiger partial charge is 0.358 e. The molecule has 4 atom stereocenters. The molecule has 2 aliphatic heterocycles. The zero-order valence-corrected chi connectivity index (χ0v) is 25.7. The predicted octanol–water partition coefficient (Wildman–Crippen LogP) is 6.07. The Kier molecular flexibility index (Phi) is 8.12. The fraction of sp³-hybridized carbons (Fsp3) is 0.231. The van der Waals surface area contributed by atoms with E-state index in [2.05, 4.69) is 53.2 Å². The number of benzene rings is 4. The lowest BCUT2D eigenvalue weighted by Gasteiger charge is -2.37. The maximum Gasteiger partial charge on any atom is 0.350 e. The smallest absolute Gasteiger partial charge is 0.350 e. The molecule has 2 saturated heterocycles. The average molecular weight is 611 g/mol. The van der Waals surface area contributed by atoms with Crippen molar-refractivity contribution in [3.05, 3.63) is 172 Å². The van der Waals surface area contributed by atoms with E-state index >= 15 is 0 Å². The molecule has 5 aromatic rings. The van der Waals surface area contributed by atoms with Gasteiger partial charge in [-0.25, -0.2) is 4.79 Å². The Morgan fingerprint density at radius 2 is 1.26 bits per heavy atom. The first kappa shape index (κ1) is 29.8.